The van der Waals surface area contributed by atoms with Gasteiger partial charge in [-0.1, -0.05) is 25.1 Å². The van der Waals surface area contributed by atoms with Crippen LogP contribution in [-0.4, -0.2) is 33.6 Å². The van der Waals surface area contributed by atoms with Gasteiger partial charge in [0.15, 0.2) is 16.7 Å². The summed E-state index contributed by atoms with van der Waals surface area (Å²) in [5.74, 6) is 1.31. The Balaban J connectivity index is 2.20. The van der Waals surface area contributed by atoms with Gasteiger partial charge in [0, 0.05) is 6.54 Å². The Labute approximate surface area is 121 Å². The fourth-order valence-corrected chi connectivity index (χ4v) is 2.48. The normalized spacial score (nSPS) is 10.7. The molecule has 0 aromatic carbocycles. The Kier molecular flexibility index (Phi) is 5.23. The van der Waals surface area contributed by atoms with E-state index in [-0.39, 0.29) is 11.7 Å². The van der Waals surface area contributed by atoms with Gasteiger partial charge < -0.3 is 9.15 Å². The number of nitrogens with zero attached hydrogens (tertiary/aromatic N) is 3. The van der Waals surface area contributed by atoms with Gasteiger partial charge in [-0.15, -0.1) is 10.2 Å². The maximum atomic E-state index is 11.2. The smallest absolute Gasteiger partial charge is 0.316 e. The molecule has 0 aliphatic heterocycles. The lowest BCUT2D eigenvalue weighted by molar-refractivity contribution is -0.137. The Morgan fingerprint density at radius 1 is 1.50 bits per heavy atom. The van der Waals surface area contributed by atoms with E-state index >= 15 is 0 Å². The second-order valence-electron chi connectivity index (χ2n) is 4.15. The van der Waals surface area contributed by atoms with Crippen molar-refractivity contribution < 1.29 is 13.9 Å². The van der Waals surface area contributed by atoms with E-state index in [1.165, 1.54) is 18.9 Å². The molecule has 0 fully saturated rings. The van der Waals surface area contributed by atoms with Crippen LogP contribution < -0.4 is 0 Å². The molecular weight excluding hydrogens is 278 g/mol. The number of thioether (sulfide) groups is 1. The standard InChI is InChI=1S/C13H17N3O3S/c1-3-4-7-16-12(10-6-5-8-19-10)14-15-13(16)20-9-11(17)18-2/h5-6,8H,3-4,7,9H2,1-2H3. The van der Waals surface area contributed by atoms with Gasteiger partial charge in [-0.2, -0.15) is 0 Å². The summed E-state index contributed by atoms with van der Waals surface area (Å²) in [5.41, 5.74) is 0. The van der Waals surface area contributed by atoms with E-state index in [0.29, 0.717) is 16.7 Å². The van der Waals surface area contributed by atoms with Crippen molar-refractivity contribution in [1.29, 1.82) is 0 Å². The monoisotopic (exact) mass is 295 g/mol. The average Bonchev–Trinajstić information content (AvgIpc) is 3.11. The third-order valence-electron chi connectivity index (χ3n) is 2.74. The van der Waals surface area contributed by atoms with Crippen molar-refractivity contribution in [3.63, 3.8) is 0 Å². The maximum Gasteiger partial charge on any atom is 0.316 e. The molecule has 2 aromatic heterocycles. The molecule has 7 heteroatoms. The molecule has 2 aromatic rings. The topological polar surface area (TPSA) is 70.2 Å². The van der Waals surface area contributed by atoms with Crippen LogP contribution in [0.2, 0.25) is 0 Å². The highest BCUT2D eigenvalue weighted by atomic mass is 32.2. The predicted octanol–water partition coefficient (Wildman–Crippen LogP) is 2.60. The number of unbranched alkanes of at least 4 members (excludes halogenated alkanes) is 1. The van der Waals surface area contributed by atoms with Crippen molar-refractivity contribution in [3.05, 3.63) is 18.4 Å². The number of ether oxygens (including phenoxy) is 1. The molecule has 108 valence electrons. The molecule has 0 aliphatic carbocycles. The molecule has 0 N–H and O–H groups in total. The van der Waals surface area contributed by atoms with Crippen molar-refractivity contribution in [1.82, 2.24) is 14.8 Å². The molecule has 2 heterocycles. The van der Waals surface area contributed by atoms with Crippen LogP contribution in [0, 0.1) is 0 Å². The first-order valence-corrected chi connectivity index (χ1v) is 7.41. The van der Waals surface area contributed by atoms with E-state index in [1.807, 2.05) is 16.7 Å². The molecule has 0 spiro atoms. The summed E-state index contributed by atoms with van der Waals surface area (Å²) in [5, 5.41) is 9.00. The summed E-state index contributed by atoms with van der Waals surface area (Å²) in [6.45, 7) is 2.92. The molecule has 2 rings (SSSR count). The van der Waals surface area contributed by atoms with Gasteiger partial charge in [0.05, 0.1) is 19.1 Å². The number of methoxy groups -OCH3 is 1. The number of carbonyl (C=O) groups is 1. The van der Waals surface area contributed by atoms with E-state index in [2.05, 4.69) is 21.9 Å². The van der Waals surface area contributed by atoms with E-state index in [9.17, 15) is 4.79 Å². The number of carbonyl (C=O) groups excluding carboxylic acids is 1. The molecule has 0 amide bonds. The van der Waals surface area contributed by atoms with Crippen LogP contribution in [0.5, 0.6) is 0 Å². The maximum absolute atomic E-state index is 11.2. The lowest BCUT2D eigenvalue weighted by Crippen LogP contribution is -2.06. The molecule has 0 radical (unpaired) electrons. The number of furan rings is 1. The van der Waals surface area contributed by atoms with E-state index in [0.717, 1.165) is 19.4 Å². The molecule has 0 saturated carbocycles. The largest absolute Gasteiger partial charge is 0.468 e. The first-order chi connectivity index (χ1) is 9.76. The zero-order valence-electron chi connectivity index (χ0n) is 11.5. The van der Waals surface area contributed by atoms with Gasteiger partial charge in [-0.3, -0.25) is 9.36 Å². The average molecular weight is 295 g/mol. The predicted molar refractivity (Wildman–Crippen MR) is 75.4 cm³/mol. The minimum atomic E-state index is -0.278. The van der Waals surface area contributed by atoms with Gasteiger partial charge >= 0.3 is 5.97 Å². The number of esters is 1. The summed E-state index contributed by atoms with van der Waals surface area (Å²) in [7, 11) is 1.37. The number of rotatable bonds is 7. The summed E-state index contributed by atoms with van der Waals surface area (Å²) < 4.78 is 12.0. The van der Waals surface area contributed by atoms with Gasteiger partial charge in [0.25, 0.3) is 0 Å². The first-order valence-electron chi connectivity index (χ1n) is 6.43. The molecule has 0 unspecified atom stereocenters. The van der Waals surface area contributed by atoms with E-state index in [1.54, 1.807) is 6.26 Å². The second-order valence-corrected chi connectivity index (χ2v) is 5.10. The number of aromatic nitrogens is 3. The number of hydrogen-bond donors (Lipinski definition) is 0. The van der Waals surface area contributed by atoms with Crippen LogP contribution in [0.25, 0.3) is 11.6 Å². The third-order valence-corrected chi connectivity index (χ3v) is 3.68. The van der Waals surface area contributed by atoms with Crippen LogP contribution >= 0.6 is 11.8 Å². The van der Waals surface area contributed by atoms with E-state index in [4.69, 9.17) is 4.42 Å². The molecular formula is C13H17N3O3S. The quantitative estimate of drug-likeness (QED) is 0.577. The fourth-order valence-electron chi connectivity index (χ4n) is 1.68. The molecule has 0 saturated heterocycles. The van der Waals surface area contributed by atoms with Crippen LogP contribution in [0.4, 0.5) is 0 Å². The highest BCUT2D eigenvalue weighted by Gasteiger charge is 2.16. The lowest BCUT2D eigenvalue weighted by atomic mass is 10.3. The van der Waals surface area contributed by atoms with Gasteiger partial charge in [-0.05, 0) is 18.6 Å². The zero-order chi connectivity index (χ0) is 14.4. The molecule has 0 aliphatic rings. The SMILES string of the molecule is CCCCn1c(SCC(=O)OC)nnc1-c1ccco1. The molecule has 20 heavy (non-hydrogen) atoms. The Morgan fingerprint density at radius 3 is 3.00 bits per heavy atom. The van der Waals surface area contributed by atoms with Crippen molar-refractivity contribution >= 4 is 17.7 Å². The van der Waals surface area contributed by atoms with Crippen molar-refractivity contribution in [2.24, 2.45) is 0 Å². The van der Waals surface area contributed by atoms with Crippen molar-refractivity contribution in [2.75, 3.05) is 12.9 Å². The van der Waals surface area contributed by atoms with Crippen LogP contribution in [0.3, 0.4) is 0 Å². The third kappa shape index (κ3) is 3.41. The van der Waals surface area contributed by atoms with Gasteiger partial charge in [0.1, 0.15) is 0 Å². The Morgan fingerprint density at radius 2 is 2.35 bits per heavy atom. The van der Waals surface area contributed by atoms with Crippen molar-refractivity contribution in [2.45, 2.75) is 31.5 Å². The van der Waals surface area contributed by atoms with Crippen LogP contribution in [0.1, 0.15) is 19.8 Å². The highest BCUT2D eigenvalue weighted by molar-refractivity contribution is 7.99. The summed E-state index contributed by atoms with van der Waals surface area (Å²) in [4.78, 5) is 11.2. The lowest BCUT2D eigenvalue weighted by Gasteiger charge is -2.07. The zero-order valence-corrected chi connectivity index (χ0v) is 12.4. The van der Waals surface area contributed by atoms with Gasteiger partial charge in [0.2, 0.25) is 0 Å². The number of hydrogen-bond acceptors (Lipinski definition) is 6. The second kappa shape index (κ2) is 7.14. The Hall–Kier alpha value is -1.76. The van der Waals surface area contributed by atoms with Crippen molar-refractivity contribution in [3.8, 4) is 11.6 Å². The summed E-state index contributed by atoms with van der Waals surface area (Å²) in [6.07, 6.45) is 3.68. The first kappa shape index (κ1) is 14.6. The van der Waals surface area contributed by atoms with Crippen LogP contribution in [-0.2, 0) is 16.1 Å². The summed E-state index contributed by atoms with van der Waals surface area (Å²) in [6, 6.07) is 3.66. The minimum Gasteiger partial charge on any atom is -0.468 e. The Bertz CT molecular complexity index is 551. The molecule has 6 nitrogen and oxygen atoms in total. The van der Waals surface area contributed by atoms with E-state index < -0.39 is 0 Å². The van der Waals surface area contributed by atoms with Crippen LogP contribution in [0.15, 0.2) is 28.0 Å². The van der Waals surface area contributed by atoms with Gasteiger partial charge in [-0.25, -0.2) is 0 Å². The highest BCUT2D eigenvalue weighted by Crippen LogP contribution is 2.24. The molecule has 0 bridgehead atoms. The fraction of sp³-hybridized carbons (Fsp3) is 0.462. The summed E-state index contributed by atoms with van der Waals surface area (Å²) >= 11 is 1.32. The minimum absolute atomic E-state index is 0.221. The molecule has 0 atom stereocenters.